The van der Waals surface area contributed by atoms with Crippen LogP contribution in [0.4, 0.5) is 11.4 Å². The first-order valence-electron chi connectivity index (χ1n) is 11.8. The third kappa shape index (κ3) is 4.82. The molecule has 0 radical (unpaired) electrons. The Bertz CT molecular complexity index is 1350. The zero-order valence-corrected chi connectivity index (χ0v) is 21.5. The van der Waals surface area contributed by atoms with Gasteiger partial charge in [0.1, 0.15) is 0 Å². The van der Waals surface area contributed by atoms with E-state index in [4.69, 9.17) is 9.47 Å². The van der Waals surface area contributed by atoms with Crippen LogP contribution in [0.15, 0.2) is 72.9 Å². The number of ether oxygens (including phenoxy) is 2. The van der Waals surface area contributed by atoms with Gasteiger partial charge in [0.25, 0.3) is 0 Å². The number of para-hydroxylation sites is 1. The summed E-state index contributed by atoms with van der Waals surface area (Å²) in [5.41, 5.74) is 5.25. The second kappa shape index (κ2) is 10.9. The standard InChI is InChI=1S/C29H29N3O3.ClH/c1-20-9-11-21(12-10-20)29(33)24-19-30-25-18-27(35-3)26(34-2)17-23(25)28(24)32-15-13-31(14-16-32)22-7-5-4-6-8-22;/h4-12,17-19H,13-16H2,1-3H3;1H. The van der Waals surface area contributed by atoms with Crippen LogP contribution >= 0.6 is 12.4 Å². The van der Waals surface area contributed by atoms with Crippen LogP contribution in [0.1, 0.15) is 21.5 Å². The van der Waals surface area contributed by atoms with Crippen LogP contribution in [-0.2, 0) is 0 Å². The highest BCUT2D eigenvalue weighted by Crippen LogP contribution is 2.38. The molecule has 0 atom stereocenters. The van der Waals surface area contributed by atoms with Crippen LogP contribution in [0.3, 0.4) is 0 Å². The molecule has 1 aliphatic rings. The van der Waals surface area contributed by atoms with Crippen LogP contribution in [0.5, 0.6) is 11.5 Å². The molecule has 3 aromatic carbocycles. The Morgan fingerprint density at radius 3 is 2.08 bits per heavy atom. The average Bonchev–Trinajstić information content (AvgIpc) is 2.92. The number of piperazine rings is 1. The highest BCUT2D eigenvalue weighted by atomic mass is 35.5. The average molecular weight is 504 g/mol. The Morgan fingerprint density at radius 2 is 1.44 bits per heavy atom. The van der Waals surface area contributed by atoms with Crippen molar-refractivity contribution in [1.82, 2.24) is 4.98 Å². The monoisotopic (exact) mass is 503 g/mol. The van der Waals surface area contributed by atoms with Crippen LogP contribution < -0.4 is 19.3 Å². The molecule has 0 aliphatic carbocycles. The molecule has 4 aromatic rings. The SMILES string of the molecule is COc1cc2ncc(C(=O)c3ccc(C)cc3)c(N3CCN(c4ccccc4)CC3)c2cc1OC.Cl. The van der Waals surface area contributed by atoms with Crippen LogP contribution in [-0.4, -0.2) is 51.2 Å². The number of hydrogen-bond donors (Lipinski definition) is 0. The highest BCUT2D eigenvalue weighted by Gasteiger charge is 2.26. The lowest BCUT2D eigenvalue weighted by Gasteiger charge is -2.38. The smallest absolute Gasteiger partial charge is 0.196 e. The van der Waals surface area contributed by atoms with Gasteiger partial charge in [0.15, 0.2) is 17.3 Å². The first-order valence-corrected chi connectivity index (χ1v) is 11.8. The van der Waals surface area contributed by atoms with Crippen molar-refractivity contribution in [2.45, 2.75) is 6.92 Å². The predicted molar refractivity (Wildman–Crippen MR) is 148 cm³/mol. The fourth-order valence-electron chi connectivity index (χ4n) is 4.70. The molecule has 1 saturated heterocycles. The maximum atomic E-state index is 13.7. The number of rotatable bonds is 6. The number of aryl methyl sites for hydroxylation is 1. The predicted octanol–water partition coefficient (Wildman–Crippen LogP) is 5.54. The third-order valence-electron chi connectivity index (χ3n) is 6.62. The Morgan fingerprint density at radius 1 is 0.833 bits per heavy atom. The number of ketones is 1. The summed E-state index contributed by atoms with van der Waals surface area (Å²) in [6.07, 6.45) is 1.70. The summed E-state index contributed by atoms with van der Waals surface area (Å²) in [6, 6.07) is 22.0. The normalized spacial score (nSPS) is 13.3. The van der Waals surface area contributed by atoms with Crippen LogP contribution in [0.2, 0.25) is 0 Å². The van der Waals surface area contributed by atoms with E-state index in [2.05, 4.69) is 39.0 Å². The summed E-state index contributed by atoms with van der Waals surface area (Å²) in [7, 11) is 3.24. The quantitative estimate of drug-likeness (QED) is 0.322. The van der Waals surface area contributed by atoms with Gasteiger partial charge < -0.3 is 19.3 Å². The second-order valence-electron chi connectivity index (χ2n) is 8.75. The minimum atomic E-state index is -0.0327. The van der Waals surface area contributed by atoms with Crippen molar-refractivity contribution in [3.8, 4) is 11.5 Å². The van der Waals surface area contributed by atoms with Crippen molar-refractivity contribution in [3.63, 3.8) is 0 Å². The number of carbonyl (C=O) groups excluding carboxylic acids is 1. The zero-order valence-electron chi connectivity index (χ0n) is 20.7. The van der Waals surface area contributed by atoms with E-state index in [0.29, 0.717) is 22.6 Å². The summed E-state index contributed by atoms with van der Waals surface area (Å²) >= 11 is 0. The number of halogens is 1. The van der Waals surface area contributed by atoms with Crippen molar-refractivity contribution in [3.05, 3.63) is 89.6 Å². The Kier molecular flexibility index (Phi) is 7.65. The molecule has 1 aromatic heterocycles. The van der Waals surface area contributed by atoms with Gasteiger partial charge in [0.2, 0.25) is 0 Å². The minimum Gasteiger partial charge on any atom is -0.493 e. The van der Waals surface area contributed by atoms with Crippen LogP contribution in [0, 0.1) is 6.92 Å². The molecule has 0 amide bonds. The second-order valence-corrected chi connectivity index (χ2v) is 8.75. The van der Waals surface area contributed by atoms with Crippen molar-refractivity contribution in [2.75, 3.05) is 50.2 Å². The molecule has 186 valence electrons. The number of hydrogen-bond acceptors (Lipinski definition) is 6. The van der Waals surface area contributed by atoms with E-state index in [0.717, 1.165) is 48.3 Å². The largest absolute Gasteiger partial charge is 0.493 e. The molecule has 1 aliphatic heterocycles. The van der Waals surface area contributed by atoms with E-state index in [1.54, 1.807) is 20.4 Å². The van der Waals surface area contributed by atoms with Gasteiger partial charge in [-0.1, -0.05) is 48.0 Å². The van der Waals surface area contributed by atoms with Crippen molar-refractivity contribution in [1.29, 1.82) is 0 Å². The molecule has 1 fully saturated rings. The zero-order chi connectivity index (χ0) is 24.4. The molecule has 2 heterocycles. The first-order chi connectivity index (χ1) is 17.1. The number of methoxy groups -OCH3 is 2. The van der Waals surface area contributed by atoms with E-state index in [9.17, 15) is 4.79 Å². The molecule has 36 heavy (non-hydrogen) atoms. The number of pyridine rings is 1. The lowest BCUT2D eigenvalue weighted by atomic mass is 9.98. The molecule has 7 heteroatoms. The first kappa shape index (κ1) is 25.3. The van der Waals surface area contributed by atoms with E-state index in [1.807, 2.05) is 49.4 Å². The van der Waals surface area contributed by atoms with Gasteiger partial charge in [0.05, 0.1) is 31.0 Å². The van der Waals surface area contributed by atoms with Gasteiger partial charge in [-0.25, -0.2) is 0 Å². The fraction of sp³-hybridized carbons (Fsp3) is 0.241. The van der Waals surface area contributed by atoms with Crippen molar-refractivity contribution in [2.24, 2.45) is 0 Å². The fourth-order valence-corrected chi connectivity index (χ4v) is 4.70. The molecule has 0 unspecified atom stereocenters. The molecular weight excluding hydrogens is 474 g/mol. The van der Waals surface area contributed by atoms with Gasteiger partial charge in [-0.05, 0) is 25.1 Å². The Hall–Kier alpha value is -3.77. The summed E-state index contributed by atoms with van der Waals surface area (Å²) in [5.74, 6) is 1.20. The number of anilines is 2. The van der Waals surface area contributed by atoms with Gasteiger partial charge >= 0.3 is 0 Å². The van der Waals surface area contributed by atoms with Gasteiger partial charge in [-0.2, -0.15) is 0 Å². The van der Waals surface area contributed by atoms with Gasteiger partial charge in [-0.15, -0.1) is 12.4 Å². The number of carbonyl (C=O) groups is 1. The van der Waals surface area contributed by atoms with Crippen molar-refractivity contribution < 1.29 is 14.3 Å². The van der Waals surface area contributed by atoms with Gasteiger partial charge in [-0.3, -0.25) is 9.78 Å². The maximum Gasteiger partial charge on any atom is 0.196 e. The highest BCUT2D eigenvalue weighted by molar-refractivity contribution is 6.16. The number of nitrogens with zero attached hydrogens (tertiary/aromatic N) is 3. The summed E-state index contributed by atoms with van der Waals surface area (Å²) in [6.45, 7) is 5.31. The molecule has 0 saturated carbocycles. The van der Waals surface area contributed by atoms with Crippen molar-refractivity contribution >= 4 is 40.5 Å². The van der Waals surface area contributed by atoms with E-state index in [1.165, 1.54) is 5.69 Å². The maximum absolute atomic E-state index is 13.7. The number of benzene rings is 3. The Balaban J connectivity index is 0.00000304. The summed E-state index contributed by atoms with van der Waals surface area (Å²) in [5, 5.41) is 0.883. The van der Waals surface area contributed by atoms with E-state index < -0.39 is 0 Å². The topological polar surface area (TPSA) is 54.9 Å². The third-order valence-corrected chi connectivity index (χ3v) is 6.62. The molecule has 6 nitrogen and oxygen atoms in total. The lowest BCUT2D eigenvalue weighted by molar-refractivity contribution is 0.103. The molecule has 0 N–H and O–H groups in total. The molecule has 0 spiro atoms. The van der Waals surface area contributed by atoms with Gasteiger partial charge in [0, 0.05) is 55.1 Å². The summed E-state index contributed by atoms with van der Waals surface area (Å²) < 4.78 is 11.1. The minimum absolute atomic E-state index is 0. The Labute approximate surface area is 217 Å². The summed E-state index contributed by atoms with van der Waals surface area (Å²) in [4.78, 5) is 23.0. The van der Waals surface area contributed by atoms with E-state index in [-0.39, 0.29) is 18.2 Å². The van der Waals surface area contributed by atoms with E-state index >= 15 is 0 Å². The number of aromatic nitrogens is 1. The molecular formula is C29H30ClN3O3. The molecule has 5 rings (SSSR count). The molecule has 0 bridgehead atoms. The van der Waals surface area contributed by atoms with Crippen LogP contribution in [0.25, 0.3) is 10.9 Å². The lowest BCUT2D eigenvalue weighted by Crippen LogP contribution is -2.47. The number of fused-ring (bicyclic) bond motifs is 1.